The molecule has 1 aliphatic rings. The van der Waals surface area contributed by atoms with Gasteiger partial charge in [-0.2, -0.15) is 0 Å². The molecule has 3 aromatic rings. The van der Waals surface area contributed by atoms with E-state index in [-0.39, 0.29) is 19.0 Å². The van der Waals surface area contributed by atoms with Gasteiger partial charge in [-0.15, -0.1) is 0 Å². The highest BCUT2D eigenvalue weighted by Gasteiger charge is 2.37. The Morgan fingerprint density at radius 3 is 2.41 bits per heavy atom. The maximum Gasteiger partial charge on any atom is 0.338 e. The van der Waals surface area contributed by atoms with E-state index in [4.69, 9.17) is 4.74 Å². The first-order valence-corrected chi connectivity index (χ1v) is 9.49. The number of esters is 1. The van der Waals surface area contributed by atoms with Crippen molar-refractivity contribution >= 4 is 17.6 Å². The molecule has 1 unspecified atom stereocenters. The van der Waals surface area contributed by atoms with Gasteiger partial charge in [0.15, 0.2) is 5.60 Å². The lowest BCUT2D eigenvalue weighted by molar-refractivity contribution is -0.135. The van der Waals surface area contributed by atoms with Crippen LogP contribution in [-0.4, -0.2) is 17.0 Å². The molecule has 0 saturated heterocycles. The minimum Gasteiger partial charge on any atom is -0.457 e. The summed E-state index contributed by atoms with van der Waals surface area (Å²) in [5.74, 6) is -0.869. The summed E-state index contributed by atoms with van der Waals surface area (Å²) in [7, 11) is 0. The molecule has 4 rings (SSSR count). The van der Waals surface area contributed by atoms with Gasteiger partial charge in [-0.25, -0.2) is 4.79 Å². The summed E-state index contributed by atoms with van der Waals surface area (Å²) in [5.41, 5.74) is 1.63. The van der Waals surface area contributed by atoms with E-state index in [1.165, 1.54) is 0 Å². The van der Waals surface area contributed by atoms with Crippen LogP contribution in [0.15, 0.2) is 78.9 Å². The van der Waals surface area contributed by atoms with Crippen molar-refractivity contribution in [3.8, 4) is 0 Å². The summed E-state index contributed by atoms with van der Waals surface area (Å²) in [4.78, 5) is 24.8. The SMILES string of the molecule is O=C1OCc2cc(NC(=O)C(O)(CCc3ccccc3)c3ccccc3)ccc21. The van der Waals surface area contributed by atoms with E-state index in [9.17, 15) is 14.7 Å². The predicted molar refractivity (Wildman–Crippen MR) is 109 cm³/mol. The van der Waals surface area contributed by atoms with Crippen LogP contribution in [-0.2, 0) is 28.2 Å². The van der Waals surface area contributed by atoms with Crippen LogP contribution in [0.2, 0.25) is 0 Å². The second-order valence-corrected chi connectivity index (χ2v) is 7.11. The normalized spacial score (nSPS) is 14.6. The number of rotatable bonds is 6. The maximum absolute atomic E-state index is 13.2. The third-order valence-electron chi connectivity index (χ3n) is 5.19. The van der Waals surface area contributed by atoms with Gasteiger partial charge in [0.2, 0.25) is 0 Å². The Hall–Kier alpha value is -3.44. The number of aliphatic hydroxyl groups is 1. The molecule has 0 saturated carbocycles. The molecule has 0 fully saturated rings. The van der Waals surface area contributed by atoms with E-state index in [1.54, 1.807) is 42.5 Å². The third-order valence-corrected chi connectivity index (χ3v) is 5.19. The highest BCUT2D eigenvalue weighted by Crippen LogP contribution is 2.30. The number of anilines is 1. The summed E-state index contributed by atoms with van der Waals surface area (Å²) in [6, 6.07) is 23.7. The smallest absolute Gasteiger partial charge is 0.338 e. The maximum atomic E-state index is 13.2. The predicted octanol–water partition coefficient (Wildman–Crippen LogP) is 3.82. The molecule has 2 N–H and O–H groups in total. The number of ether oxygens (including phenoxy) is 1. The van der Waals surface area contributed by atoms with Crippen LogP contribution in [0.25, 0.3) is 0 Å². The molecule has 5 heteroatoms. The number of amides is 1. The molecule has 0 aliphatic carbocycles. The van der Waals surface area contributed by atoms with E-state index in [1.807, 2.05) is 36.4 Å². The fraction of sp³-hybridized carbons (Fsp3) is 0.167. The number of fused-ring (bicyclic) bond motifs is 1. The van der Waals surface area contributed by atoms with Gasteiger partial charge in [0, 0.05) is 11.3 Å². The van der Waals surface area contributed by atoms with E-state index in [0.29, 0.717) is 23.2 Å². The standard InChI is InChI=1S/C24H21NO4/c26-22-21-12-11-20(15-18(21)16-29-22)25-23(27)24(28,19-9-5-2-6-10-19)14-13-17-7-3-1-4-8-17/h1-12,15,28H,13-14,16H2,(H,25,27). The number of hydrogen-bond donors (Lipinski definition) is 2. The van der Waals surface area contributed by atoms with Crippen LogP contribution in [0.3, 0.4) is 0 Å². The molecule has 1 heterocycles. The van der Waals surface area contributed by atoms with Gasteiger partial charge in [-0.05, 0) is 42.2 Å². The Balaban J connectivity index is 1.59. The minimum absolute atomic E-state index is 0.189. The van der Waals surface area contributed by atoms with Gasteiger partial charge < -0.3 is 15.2 Å². The first kappa shape index (κ1) is 18.9. The number of carbonyl (C=O) groups is 2. The average Bonchev–Trinajstić information content (AvgIpc) is 3.13. The number of benzene rings is 3. The summed E-state index contributed by atoms with van der Waals surface area (Å²) < 4.78 is 5.01. The molecular formula is C24H21NO4. The van der Waals surface area contributed by atoms with Gasteiger partial charge in [0.05, 0.1) is 5.56 Å². The first-order chi connectivity index (χ1) is 14.1. The largest absolute Gasteiger partial charge is 0.457 e. The minimum atomic E-state index is -1.69. The second kappa shape index (κ2) is 7.89. The van der Waals surface area contributed by atoms with Gasteiger partial charge in [0.1, 0.15) is 6.61 Å². The Kier molecular flexibility index (Phi) is 5.14. The number of cyclic esters (lactones) is 1. The lowest BCUT2D eigenvalue weighted by atomic mass is 9.86. The Morgan fingerprint density at radius 1 is 1.00 bits per heavy atom. The van der Waals surface area contributed by atoms with Gasteiger partial charge in [0.25, 0.3) is 5.91 Å². The van der Waals surface area contributed by atoms with Crippen molar-refractivity contribution in [2.45, 2.75) is 25.0 Å². The van der Waals surface area contributed by atoms with Crippen molar-refractivity contribution in [2.24, 2.45) is 0 Å². The summed E-state index contributed by atoms with van der Waals surface area (Å²) >= 11 is 0. The van der Waals surface area contributed by atoms with Gasteiger partial charge in [-0.1, -0.05) is 60.7 Å². The lowest BCUT2D eigenvalue weighted by Crippen LogP contribution is -2.40. The van der Waals surface area contributed by atoms with Crippen LogP contribution >= 0.6 is 0 Å². The topological polar surface area (TPSA) is 75.6 Å². The summed E-state index contributed by atoms with van der Waals surface area (Å²) in [5, 5.41) is 14.2. The van der Waals surface area contributed by atoms with Crippen LogP contribution in [0, 0.1) is 0 Å². The van der Waals surface area contributed by atoms with Crippen molar-refractivity contribution < 1.29 is 19.4 Å². The highest BCUT2D eigenvalue weighted by atomic mass is 16.5. The molecule has 146 valence electrons. The molecule has 0 spiro atoms. The molecule has 1 atom stereocenters. The Bertz CT molecular complexity index is 1030. The first-order valence-electron chi connectivity index (χ1n) is 9.49. The van der Waals surface area contributed by atoms with E-state index in [0.717, 1.165) is 11.1 Å². The molecule has 0 aromatic heterocycles. The number of hydrogen-bond acceptors (Lipinski definition) is 4. The van der Waals surface area contributed by atoms with Crippen LogP contribution in [0.5, 0.6) is 0 Å². The number of nitrogens with one attached hydrogen (secondary N) is 1. The van der Waals surface area contributed by atoms with Crippen LogP contribution in [0.4, 0.5) is 5.69 Å². The van der Waals surface area contributed by atoms with E-state index in [2.05, 4.69) is 5.32 Å². The number of carbonyl (C=O) groups excluding carboxylic acids is 2. The molecule has 3 aromatic carbocycles. The fourth-order valence-corrected chi connectivity index (χ4v) is 3.52. The second-order valence-electron chi connectivity index (χ2n) is 7.11. The molecule has 1 amide bonds. The van der Waals surface area contributed by atoms with Gasteiger partial charge in [-0.3, -0.25) is 4.79 Å². The molecule has 0 radical (unpaired) electrons. The zero-order chi connectivity index (χ0) is 20.3. The van der Waals surface area contributed by atoms with Crippen LogP contribution in [0.1, 0.15) is 33.5 Å². The van der Waals surface area contributed by atoms with Gasteiger partial charge >= 0.3 is 5.97 Å². The van der Waals surface area contributed by atoms with Crippen molar-refractivity contribution in [2.75, 3.05) is 5.32 Å². The molecule has 29 heavy (non-hydrogen) atoms. The summed E-state index contributed by atoms with van der Waals surface area (Å²) in [6.07, 6.45) is 0.783. The molecule has 0 bridgehead atoms. The van der Waals surface area contributed by atoms with Crippen molar-refractivity contribution in [3.63, 3.8) is 0 Å². The van der Waals surface area contributed by atoms with E-state index < -0.39 is 11.5 Å². The Labute approximate surface area is 169 Å². The van der Waals surface area contributed by atoms with Crippen molar-refractivity contribution in [1.82, 2.24) is 0 Å². The average molecular weight is 387 g/mol. The zero-order valence-corrected chi connectivity index (χ0v) is 15.8. The quantitative estimate of drug-likeness (QED) is 0.631. The Morgan fingerprint density at radius 2 is 1.69 bits per heavy atom. The fourth-order valence-electron chi connectivity index (χ4n) is 3.52. The van der Waals surface area contributed by atoms with Crippen molar-refractivity contribution in [1.29, 1.82) is 0 Å². The lowest BCUT2D eigenvalue weighted by Gasteiger charge is -2.28. The van der Waals surface area contributed by atoms with Crippen molar-refractivity contribution in [3.05, 3.63) is 101 Å². The molecule has 5 nitrogen and oxygen atoms in total. The highest BCUT2D eigenvalue weighted by molar-refractivity contribution is 5.99. The monoisotopic (exact) mass is 387 g/mol. The third kappa shape index (κ3) is 3.91. The molecule has 1 aliphatic heterocycles. The molecular weight excluding hydrogens is 366 g/mol. The van der Waals surface area contributed by atoms with E-state index >= 15 is 0 Å². The summed E-state index contributed by atoms with van der Waals surface area (Å²) in [6.45, 7) is 0.189. The zero-order valence-electron chi connectivity index (χ0n) is 15.8. The number of aryl methyl sites for hydroxylation is 1. The van der Waals surface area contributed by atoms with Crippen LogP contribution < -0.4 is 5.32 Å².